The average Bonchev–Trinajstić information content (AvgIpc) is 3.83. The molecule has 0 spiro atoms. The number of aryl methyl sites for hydroxylation is 3. The molecule has 0 aliphatic carbocycles. The van der Waals surface area contributed by atoms with Crippen LogP contribution >= 0.6 is 11.8 Å². The van der Waals surface area contributed by atoms with Crippen LogP contribution in [0, 0.1) is 20.8 Å². The summed E-state index contributed by atoms with van der Waals surface area (Å²) < 4.78 is 23.5. The van der Waals surface area contributed by atoms with E-state index in [4.69, 9.17) is 24.5 Å². The molecule has 2 saturated heterocycles. The number of H-pyrrole nitrogens is 1. The number of carbonyl (C=O) groups excluding carboxylic acids is 6. The SMILES string of the molecule is Cc1cccc(C)c1OCC(=O)N[C@@H](Cc1ccccc1)[C@H](OC(=O)CCCC(=O)NCC(=O)OCC1OC(n2cc(C)c(=O)[nH]c2=O)CC1N=[N+]=[N-])C(=O)N1CSC(C)(C)[C@H]1C(=O)NC(C)(C)C. The fourth-order valence-corrected chi connectivity index (χ4v) is 9.08. The number of benzene rings is 2. The van der Waals surface area contributed by atoms with Crippen LogP contribution in [0.4, 0.5) is 0 Å². The quantitative estimate of drug-likeness (QED) is 0.0546. The Morgan fingerprint density at radius 3 is 2.33 bits per heavy atom. The van der Waals surface area contributed by atoms with Gasteiger partial charge in [0.1, 0.15) is 37.3 Å². The number of rotatable bonds is 20. The van der Waals surface area contributed by atoms with Crippen LogP contribution < -0.4 is 31.9 Å². The molecular formula is C47H61N9O12S. The van der Waals surface area contributed by atoms with Crippen molar-refractivity contribution < 1.29 is 47.7 Å². The Morgan fingerprint density at radius 1 is 0.971 bits per heavy atom. The predicted molar refractivity (Wildman–Crippen MR) is 254 cm³/mol. The molecule has 2 fully saturated rings. The van der Waals surface area contributed by atoms with Crippen LogP contribution in [-0.2, 0) is 49.4 Å². The maximum absolute atomic E-state index is 14.9. The van der Waals surface area contributed by atoms with Crippen molar-refractivity contribution in [3.05, 3.63) is 108 Å². The Labute approximate surface area is 403 Å². The van der Waals surface area contributed by atoms with Crippen LogP contribution in [0.15, 0.2) is 69.4 Å². The molecule has 3 heterocycles. The number of aromatic amines is 1. The van der Waals surface area contributed by atoms with E-state index in [0.717, 1.165) is 15.7 Å². The van der Waals surface area contributed by atoms with E-state index in [1.54, 1.807) is 24.3 Å². The van der Waals surface area contributed by atoms with Crippen LogP contribution in [0.5, 0.6) is 5.75 Å². The highest BCUT2D eigenvalue weighted by Gasteiger charge is 2.51. The highest BCUT2D eigenvalue weighted by Crippen LogP contribution is 2.40. The zero-order valence-corrected chi connectivity index (χ0v) is 40.9. The molecule has 2 aliphatic rings. The number of hydrogen-bond donors (Lipinski definition) is 4. The smallest absolute Gasteiger partial charge is 0.330 e. The summed E-state index contributed by atoms with van der Waals surface area (Å²) in [5.41, 5.74) is 9.76. The lowest BCUT2D eigenvalue weighted by molar-refractivity contribution is -0.164. The second kappa shape index (κ2) is 23.6. The maximum atomic E-state index is 14.9. The van der Waals surface area contributed by atoms with E-state index >= 15 is 0 Å². The highest BCUT2D eigenvalue weighted by atomic mass is 32.2. The number of carbonyl (C=O) groups is 6. The Bertz CT molecular complexity index is 2520. The Balaban J connectivity index is 1.24. The molecule has 4 N–H and O–H groups in total. The van der Waals surface area contributed by atoms with E-state index in [1.807, 2.05) is 72.7 Å². The third-order valence-corrected chi connectivity index (χ3v) is 12.7. The number of para-hydroxylation sites is 1. The van der Waals surface area contributed by atoms with Crippen LogP contribution in [0.3, 0.4) is 0 Å². The number of ether oxygens (including phenoxy) is 4. The van der Waals surface area contributed by atoms with Gasteiger partial charge in [0.25, 0.3) is 17.4 Å². The number of azide groups is 1. The van der Waals surface area contributed by atoms with Gasteiger partial charge in [0.15, 0.2) is 6.61 Å². The number of amides is 4. The van der Waals surface area contributed by atoms with Gasteiger partial charge in [-0.25, -0.2) is 4.79 Å². The predicted octanol–water partition coefficient (Wildman–Crippen LogP) is 3.57. The Morgan fingerprint density at radius 2 is 1.67 bits per heavy atom. The van der Waals surface area contributed by atoms with Gasteiger partial charge in [0, 0.05) is 46.2 Å². The van der Waals surface area contributed by atoms with Gasteiger partial charge in [-0.3, -0.25) is 43.1 Å². The minimum atomic E-state index is -1.62. The fourth-order valence-electron chi connectivity index (χ4n) is 7.94. The fraction of sp³-hybridized carbons (Fsp3) is 0.532. The van der Waals surface area contributed by atoms with Crippen molar-refractivity contribution in [3.63, 3.8) is 0 Å². The molecule has 0 bridgehead atoms. The van der Waals surface area contributed by atoms with Crippen molar-refractivity contribution in [2.75, 3.05) is 25.6 Å². The van der Waals surface area contributed by atoms with Gasteiger partial charge in [0.2, 0.25) is 17.9 Å². The van der Waals surface area contributed by atoms with Gasteiger partial charge in [0.05, 0.1) is 18.0 Å². The van der Waals surface area contributed by atoms with E-state index < -0.39 is 107 Å². The lowest BCUT2D eigenvalue weighted by atomic mass is 9.96. The van der Waals surface area contributed by atoms with E-state index in [2.05, 4.69) is 31.0 Å². The zero-order valence-electron chi connectivity index (χ0n) is 40.1. The summed E-state index contributed by atoms with van der Waals surface area (Å²) in [7, 11) is 0. The van der Waals surface area contributed by atoms with Crippen molar-refractivity contribution in [3.8, 4) is 5.75 Å². The van der Waals surface area contributed by atoms with Crippen LogP contribution in [0.1, 0.15) is 88.8 Å². The lowest BCUT2D eigenvalue weighted by Crippen LogP contribution is -2.61. The van der Waals surface area contributed by atoms with E-state index in [0.29, 0.717) is 11.3 Å². The second-order valence-corrected chi connectivity index (χ2v) is 20.1. The highest BCUT2D eigenvalue weighted by molar-refractivity contribution is 8.00. The molecule has 1 aromatic heterocycles. The molecule has 0 radical (unpaired) electrons. The summed E-state index contributed by atoms with van der Waals surface area (Å²) >= 11 is 1.38. The first-order chi connectivity index (χ1) is 32.6. The van der Waals surface area contributed by atoms with Crippen LogP contribution in [0.2, 0.25) is 0 Å². The lowest BCUT2D eigenvalue weighted by Gasteiger charge is -2.36. The molecule has 4 amide bonds. The number of nitrogens with one attached hydrogen (secondary N) is 4. The third-order valence-electron chi connectivity index (χ3n) is 11.3. The van der Waals surface area contributed by atoms with E-state index in [9.17, 15) is 38.4 Å². The molecule has 372 valence electrons. The zero-order chi connectivity index (χ0) is 50.6. The summed E-state index contributed by atoms with van der Waals surface area (Å²) in [5, 5.41) is 12.0. The summed E-state index contributed by atoms with van der Waals surface area (Å²) in [6, 6.07) is 11.7. The molecule has 69 heavy (non-hydrogen) atoms. The van der Waals surface area contributed by atoms with Crippen LogP contribution in [0.25, 0.3) is 10.4 Å². The van der Waals surface area contributed by atoms with Crippen molar-refractivity contribution in [2.45, 2.75) is 134 Å². The summed E-state index contributed by atoms with van der Waals surface area (Å²) in [4.78, 5) is 112. The Kier molecular flexibility index (Phi) is 18.2. The van der Waals surface area contributed by atoms with E-state index in [1.165, 1.54) is 29.8 Å². The molecule has 3 aromatic rings. The Hall–Kier alpha value is -6.64. The monoisotopic (exact) mass is 975 g/mol. The summed E-state index contributed by atoms with van der Waals surface area (Å²) in [6.45, 7) is 13.0. The molecule has 2 aromatic carbocycles. The largest absolute Gasteiger partial charge is 0.483 e. The van der Waals surface area contributed by atoms with Gasteiger partial charge >= 0.3 is 17.6 Å². The average molecular weight is 976 g/mol. The van der Waals surface area contributed by atoms with Gasteiger partial charge < -0.3 is 39.8 Å². The molecular weight excluding hydrogens is 915 g/mol. The van der Waals surface area contributed by atoms with Gasteiger partial charge in [-0.15, -0.1) is 11.8 Å². The number of thioether (sulfide) groups is 1. The molecule has 5 rings (SSSR count). The number of hydrogen-bond acceptors (Lipinski definition) is 14. The molecule has 21 nitrogen and oxygen atoms in total. The van der Waals surface area contributed by atoms with Crippen molar-refractivity contribution in [1.29, 1.82) is 0 Å². The first kappa shape index (κ1) is 53.3. The molecule has 2 aliphatic heterocycles. The summed E-state index contributed by atoms with van der Waals surface area (Å²) in [6.07, 6.45) is -2.68. The van der Waals surface area contributed by atoms with Crippen LogP contribution in [-0.4, -0.2) is 116 Å². The standard InChI is InChI=1S/C47H61N9O12S/c1-27-14-12-15-28(2)39(27)66-25-35(58)50-32(20-30-16-10-9-11-17-30)40(44(63)56-26-69-47(7,8)41(56)43(62)52-46(4,5)6)68-37(59)19-13-18-34(57)49-22-38(60)65-24-33-31(53-54-48)21-36(67-33)55-23-29(3)42(61)51-45(55)64/h9-12,14-17,23,31-33,36,40-41H,13,18-22,24-26H2,1-8H3,(H,49,57)(H,50,58)(H,52,62)(H,51,61,64)/t31?,32-,33?,36?,40-,41+/m0/s1. The third kappa shape index (κ3) is 14.9. The van der Waals surface area contributed by atoms with Crippen molar-refractivity contribution in [1.82, 2.24) is 30.4 Å². The minimum Gasteiger partial charge on any atom is -0.483 e. The molecule has 6 atom stereocenters. The van der Waals surface area contributed by atoms with E-state index in [-0.39, 0.29) is 50.2 Å². The van der Waals surface area contributed by atoms with Gasteiger partial charge in [-0.1, -0.05) is 53.6 Å². The number of esters is 2. The van der Waals surface area contributed by atoms with Gasteiger partial charge in [-0.05, 0) is 90.5 Å². The minimum absolute atomic E-state index is 0.0514. The van der Waals surface area contributed by atoms with Crippen molar-refractivity contribution in [2.24, 2.45) is 5.11 Å². The normalized spacial score (nSPS) is 19.3. The maximum Gasteiger partial charge on any atom is 0.330 e. The summed E-state index contributed by atoms with van der Waals surface area (Å²) in [5.74, 6) is -3.38. The first-order valence-electron chi connectivity index (χ1n) is 22.5. The molecule has 3 unspecified atom stereocenters. The number of aromatic nitrogens is 2. The van der Waals surface area contributed by atoms with Gasteiger partial charge in [-0.2, -0.15) is 0 Å². The first-order valence-corrected chi connectivity index (χ1v) is 23.5. The topological polar surface area (TPSA) is 282 Å². The molecule has 22 heteroatoms. The van der Waals surface area contributed by atoms with Crippen molar-refractivity contribution >= 4 is 47.3 Å². The second-order valence-electron chi connectivity index (χ2n) is 18.5. The number of nitrogens with zero attached hydrogens (tertiary/aromatic N) is 5. The molecule has 0 saturated carbocycles.